The fourth-order valence-corrected chi connectivity index (χ4v) is 1.75. The molecular weight excluding hydrogens is 261 g/mol. The fraction of sp³-hybridized carbons (Fsp3) is 0.429. The molecule has 1 rings (SSSR count). The van der Waals surface area contributed by atoms with Gasteiger partial charge in [0.2, 0.25) is 5.91 Å². The number of amides is 1. The standard InChI is InChI=1S/C14H18FN3O2/c1-18(14(19)13(17)5-6-20-2)9-11-7-10(8-16)3-4-12(11)15/h3-4,7,13H,5-6,9,17H2,1-2H3. The summed E-state index contributed by atoms with van der Waals surface area (Å²) >= 11 is 0. The van der Waals surface area contributed by atoms with Crippen molar-refractivity contribution in [1.29, 1.82) is 5.26 Å². The molecule has 0 bridgehead atoms. The number of methoxy groups -OCH3 is 1. The minimum atomic E-state index is -0.679. The second-order valence-electron chi connectivity index (χ2n) is 4.50. The van der Waals surface area contributed by atoms with Crippen LogP contribution in [0.15, 0.2) is 18.2 Å². The average Bonchev–Trinajstić information content (AvgIpc) is 2.46. The topological polar surface area (TPSA) is 79.3 Å². The van der Waals surface area contributed by atoms with E-state index in [1.807, 2.05) is 6.07 Å². The third-order valence-electron chi connectivity index (χ3n) is 2.91. The molecule has 1 unspecified atom stereocenters. The first-order chi connectivity index (χ1) is 9.49. The molecule has 0 aromatic heterocycles. The molecule has 0 heterocycles. The lowest BCUT2D eigenvalue weighted by molar-refractivity contribution is -0.132. The van der Waals surface area contributed by atoms with Gasteiger partial charge in [0.1, 0.15) is 5.82 Å². The van der Waals surface area contributed by atoms with E-state index >= 15 is 0 Å². The van der Waals surface area contributed by atoms with Gasteiger partial charge in [-0.2, -0.15) is 5.26 Å². The van der Waals surface area contributed by atoms with Crippen molar-refractivity contribution < 1.29 is 13.9 Å². The maximum atomic E-state index is 13.6. The van der Waals surface area contributed by atoms with Crippen molar-refractivity contribution in [3.63, 3.8) is 0 Å². The summed E-state index contributed by atoms with van der Waals surface area (Å²) in [4.78, 5) is 13.3. The Kier molecular flexibility index (Phi) is 6.10. The van der Waals surface area contributed by atoms with Crippen LogP contribution in [0.25, 0.3) is 0 Å². The van der Waals surface area contributed by atoms with Crippen molar-refractivity contribution in [3.05, 3.63) is 35.1 Å². The molecule has 0 radical (unpaired) electrons. The fourth-order valence-electron chi connectivity index (χ4n) is 1.75. The molecule has 0 saturated heterocycles. The number of carbonyl (C=O) groups excluding carboxylic acids is 1. The van der Waals surface area contributed by atoms with Gasteiger partial charge in [-0.25, -0.2) is 4.39 Å². The summed E-state index contributed by atoms with van der Waals surface area (Å²) in [7, 11) is 3.08. The normalized spacial score (nSPS) is 11.8. The summed E-state index contributed by atoms with van der Waals surface area (Å²) in [6, 6.07) is 5.30. The first kappa shape index (κ1) is 16.1. The largest absolute Gasteiger partial charge is 0.385 e. The van der Waals surface area contributed by atoms with E-state index < -0.39 is 11.9 Å². The van der Waals surface area contributed by atoms with Crippen LogP contribution in [0.1, 0.15) is 17.5 Å². The monoisotopic (exact) mass is 279 g/mol. The Morgan fingerprint density at radius 1 is 1.60 bits per heavy atom. The number of likely N-dealkylation sites (N-methyl/N-ethyl adjacent to an activating group) is 1. The van der Waals surface area contributed by atoms with Gasteiger partial charge in [-0.05, 0) is 24.6 Å². The minimum Gasteiger partial charge on any atom is -0.385 e. The molecule has 0 spiro atoms. The van der Waals surface area contributed by atoms with E-state index in [0.717, 1.165) is 0 Å². The number of carbonyl (C=O) groups is 1. The van der Waals surface area contributed by atoms with Crippen LogP contribution >= 0.6 is 0 Å². The van der Waals surface area contributed by atoms with Gasteiger partial charge in [-0.3, -0.25) is 4.79 Å². The number of halogens is 1. The van der Waals surface area contributed by atoms with Crippen LogP contribution in [-0.4, -0.2) is 37.6 Å². The summed E-state index contributed by atoms with van der Waals surface area (Å²) in [6.07, 6.45) is 0.403. The van der Waals surface area contributed by atoms with Crippen molar-refractivity contribution in [2.75, 3.05) is 20.8 Å². The SMILES string of the molecule is COCCC(N)C(=O)N(C)Cc1cc(C#N)ccc1F. The van der Waals surface area contributed by atoms with E-state index in [4.69, 9.17) is 15.7 Å². The number of nitrogens with two attached hydrogens (primary N) is 1. The molecule has 2 N–H and O–H groups in total. The van der Waals surface area contributed by atoms with E-state index in [2.05, 4.69) is 0 Å². The molecule has 20 heavy (non-hydrogen) atoms. The lowest BCUT2D eigenvalue weighted by atomic mass is 10.1. The highest BCUT2D eigenvalue weighted by Gasteiger charge is 2.19. The van der Waals surface area contributed by atoms with Gasteiger partial charge < -0.3 is 15.4 Å². The van der Waals surface area contributed by atoms with Crippen molar-refractivity contribution in [1.82, 2.24) is 4.90 Å². The average molecular weight is 279 g/mol. The van der Waals surface area contributed by atoms with Gasteiger partial charge in [0.25, 0.3) is 0 Å². The molecule has 108 valence electrons. The highest BCUT2D eigenvalue weighted by atomic mass is 19.1. The van der Waals surface area contributed by atoms with Crippen molar-refractivity contribution in [2.24, 2.45) is 5.73 Å². The van der Waals surface area contributed by atoms with Crippen LogP contribution in [-0.2, 0) is 16.1 Å². The van der Waals surface area contributed by atoms with Crippen LogP contribution in [0.5, 0.6) is 0 Å². The van der Waals surface area contributed by atoms with Crippen molar-refractivity contribution >= 4 is 5.91 Å². The van der Waals surface area contributed by atoms with Gasteiger partial charge in [0, 0.05) is 32.9 Å². The number of benzene rings is 1. The van der Waals surface area contributed by atoms with E-state index in [0.29, 0.717) is 24.2 Å². The van der Waals surface area contributed by atoms with Gasteiger partial charge in [-0.15, -0.1) is 0 Å². The zero-order valence-electron chi connectivity index (χ0n) is 11.6. The summed E-state index contributed by atoms with van der Waals surface area (Å²) in [5.74, 6) is -0.738. The smallest absolute Gasteiger partial charge is 0.239 e. The first-order valence-electron chi connectivity index (χ1n) is 6.17. The Balaban J connectivity index is 2.73. The summed E-state index contributed by atoms with van der Waals surface area (Å²) in [5.41, 5.74) is 6.38. The molecule has 1 amide bonds. The van der Waals surface area contributed by atoms with Gasteiger partial charge in [0.05, 0.1) is 17.7 Å². The van der Waals surface area contributed by atoms with E-state index in [1.165, 1.54) is 30.2 Å². The molecule has 5 nitrogen and oxygen atoms in total. The number of ether oxygens (including phenoxy) is 1. The van der Waals surface area contributed by atoms with E-state index in [-0.39, 0.29) is 12.5 Å². The molecule has 6 heteroatoms. The van der Waals surface area contributed by atoms with Crippen LogP contribution in [0, 0.1) is 17.1 Å². The highest BCUT2D eigenvalue weighted by molar-refractivity contribution is 5.81. The van der Waals surface area contributed by atoms with Gasteiger partial charge in [0.15, 0.2) is 0 Å². The van der Waals surface area contributed by atoms with Gasteiger partial charge >= 0.3 is 0 Å². The second kappa shape index (κ2) is 7.58. The molecule has 1 aromatic rings. The summed E-state index contributed by atoms with van der Waals surface area (Å²) < 4.78 is 18.5. The number of hydrogen-bond donors (Lipinski definition) is 1. The van der Waals surface area contributed by atoms with Crippen molar-refractivity contribution in [3.8, 4) is 6.07 Å². The van der Waals surface area contributed by atoms with Crippen molar-refractivity contribution in [2.45, 2.75) is 19.0 Å². The minimum absolute atomic E-state index is 0.0703. The van der Waals surface area contributed by atoms with Crippen LogP contribution < -0.4 is 5.73 Å². The lowest BCUT2D eigenvalue weighted by Gasteiger charge is -2.21. The molecule has 1 atom stereocenters. The zero-order chi connectivity index (χ0) is 15.1. The number of hydrogen-bond acceptors (Lipinski definition) is 4. The quantitative estimate of drug-likeness (QED) is 0.843. The summed E-state index contributed by atoms with van der Waals surface area (Å²) in [5, 5.41) is 8.79. The van der Waals surface area contributed by atoms with E-state index in [9.17, 15) is 9.18 Å². The number of nitrogens with zero attached hydrogens (tertiary/aromatic N) is 2. The summed E-state index contributed by atoms with van der Waals surface area (Å²) in [6.45, 7) is 0.458. The molecule has 0 saturated carbocycles. The molecule has 0 aliphatic rings. The van der Waals surface area contributed by atoms with Crippen LogP contribution in [0.3, 0.4) is 0 Å². The maximum absolute atomic E-state index is 13.6. The highest BCUT2D eigenvalue weighted by Crippen LogP contribution is 2.13. The van der Waals surface area contributed by atoms with E-state index in [1.54, 1.807) is 7.05 Å². The predicted octanol–water partition coefficient (Wildman–Crippen LogP) is 1.02. The molecule has 1 aromatic carbocycles. The molecular formula is C14H18FN3O2. The Labute approximate surface area is 117 Å². The second-order valence-corrected chi connectivity index (χ2v) is 4.50. The first-order valence-corrected chi connectivity index (χ1v) is 6.17. The molecule has 0 aliphatic carbocycles. The van der Waals surface area contributed by atoms with Crippen LogP contribution in [0.2, 0.25) is 0 Å². The Morgan fingerprint density at radius 3 is 2.90 bits per heavy atom. The number of nitriles is 1. The Bertz CT molecular complexity index is 514. The molecule has 0 fully saturated rings. The molecule has 0 aliphatic heterocycles. The van der Waals surface area contributed by atoms with Crippen LogP contribution in [0.4, 0.5) is 4.39 Å². The third kappa shape index (κ3) is 4.30. The van der Waals surface area contributed by atoms with Gasteiger partial charge in [-0.1, -0.05) is 0 Å². The number of rotatable bonds is 6. The predicted molar refractivity (Wildman–Crippen MR) is 72.1 cm³/mol. The lowest BCUT2D eigenvalue weighted by Crippen LogP contribution is -2.42. The Hall–Kier alpha value is -1.97. The maximum Gasteiger partial charge on any atom is 0.239 e. The Morgan fingerprint density at radius 2 is 2.30 bits per heavy atom. The zero-order valence-corrected chi connectivity index (χ0v) is 11.6. The third-order valence-corrected chi connectivity index (χ3v) is 2.91.